The molecule has 0 saturated heterocycles. The van der Waals surface area contributed by atoms with Crippen molar-refractivity contribution in [3.05, 3.63) is 35.7 Å². The lowest BCUT2D eigenvalue weighted by atomic mass is 10.1. The number of aryl methyl sites for hydroxylation is 2. The molecule has 0 amide bonds. The Morgan fingerprint density at radius 3 is 2.39 bits per heavy atom. The van der Waals surface area contributed by atoms with Crippen molar-refractivity contribution in [3.63, 3.8) is 0 Å². The summed E-state index contributed by atoms with van der Waals surface area (Å²) in [5.74, 6) is 7.28. The van der Waals surface area contributed by atoms with Crippen LogP contribution in [0.4, 0.5) is 5.82 Å². The summed E-state index contributed by atoms with van der Waals surface area (Å²) < 4.78 is 1.49. The summed E-state index contributed by atoms with van der Waals surface area (Å²) in [6, 6.07) is 8.30. The van der Waals surface area contributed by atoms with Crippen molar-refractivity contribution in [2.24, 2.45) is 0 Å². The lowest BCUT2D eigenvalue weighted by Crippen LogP contribution is -2.15. The molecule has 0 radical (unpaired) electrons. The third kappa shape index (κ3) is 2.18. The zero-order chi connectivity index (χ0) is 13.1. The molecule has 0 aliphatic carbocycles. The van der Waals surface area contributed by atoms with E-state index in [1.807, 2.05) is 12.1 Å². The van der Waals surface area contributed by atoms with Crippen molar-refractivity contribution < 1.29 is 0 Å². The van der Waals surface area contributed by atoms with Crippen LogP contribution in [-0.4, -0.2) is 9.66 Å². The highest BCUT2D eigenvalue weighted by Crippen LogP contribution is 2.25. The fourth-order valence-corrected chi connectivity index (χ4v) is 2.00. The van der Waals surface area contributed by atoms with Gasteiger partial charge in [0.2, 0.25) is 0 Å². The van der Waals surface area contributed by atoms with Crippen molar-refractivity contribution in [1.82, 2.24) is 9.66 Å². The molecule has 0 bridgehead atoms. The first-order chi connectivity index (χ1) is 8.67. The number of hydrogen-bond donors (Lipinski definition) is 2. The van der Waals surface area contributed by atoms with E-state index in [1.165, 1.54) is 10.2 Å². The summed E-state index contributed by atoms with van der Waals surface area (Å²) in [5, 5.41) is 0. The first kappa shape index (κ1) is 12.5. The molecule has 1 aromatic heterocycles. The Bertz CT molecular complexity index is 525. The number of benzene rings is 1. The molecule has 0 saturated carbocycles. The Morgan fingerprint density at radius 1 is 1.17 bits per heavy atom. The molecule has 4 nitrogen and oxygen atoms in total. The number of nitrogen functional groups attached to an aromatic ring is 2. The lowest BCUT2D eigenvalue weighted by Gasteiger charge is -2.02. The predicted molar refractivity (Wildman–Crippen MR) is 75.6 cm³/mol. The van der Waals surface area contributed by atoms with Gasteiger partial charge in [-0.15, -0.1) is 0 Å². The van der Waals surface area contributed by atoms with E-state index in [9.17, 15) is 0 Å². The molecule has 4 N–H and O–H groups in total. The SMILES string of the molecule is CCCc1nc(-c2ccc(CC)cc2)c(N)n1N. The maximum atomic E-state index is 6.01. The van der Waals surface area contributed by atoms with Crippen LogP contribution >= 0.6 is 0 Å². The molecular weight excluding hydrogens is 224 g/mol. The van der Waals surface area contributed by atoms with E-state index in [0.717, 1.165) is 36.3 Å². The minimum absolute atomic E-state index is 0.530. The quantitative estimate of drug-likeness (QED) is 0.811. The first-order valence-electron chi connectivity index (χ1n) is 6.38. The van der Waals surface area contributed by atoms with E-state index in [4.69, 9.17) is 11.6 Å². The Kier molecular flexibility index (Phi) is 3.55. The Balaban J connectivity index is 2.40. The van der Waals surface area contributed by atoms with Crippen LogP contribution in [0.5, 0.6) is 0 Å². The zero-order valence-electron chi connectivity index (χ0n) is 11.0. The van der Waals surface area contributed by atoms with E-state index in [0.29, 0.717) is 5.82 Å². The maximum Gasteiger partial charge on any atom is 0.150 e. The number of rotatable bonds is 4. The second-order valence-electron chi connectivity index (χ2n) is 4.43. The number of imidazole rings is 1. The number of hydrogen-bond acceptors (Lipinski definition) is 3. The molecule has 0 fully saturated rings. The minimum Gasteiger partial charge on any atom is -0.382 e. The minimum atomic E-state index is 0.530. The van der Waals surface area contributed by atoms with Crippen LogP contribution in [0.15, 0.2) is 24.3 Å². The van der Waals surface area contributed by atoms with Crippen LogP contribution < -0.4 is 11.6 Å². The summed E-state index contributed by atoms with van der Waals surface area (Å²) in [6.07, 6.45) is 2.87. The Morgan fingerprint density at radius 2 is 1.83 bits per heavy atom. The first-order valence-corrected chi connectivity index (χ1v) is 6.38. The number of nitrogens with two attached hydrogens (primary N) is 2. The molecule has 96 valence electrons. The zero-order valence-corrected chi connectivity index (χ0v) is 11.0. The van der Waals surface area contributed by atoms with Crippen LogP contribution in [0.2, 0.25) is 0 Å². The largest absolute Gasteiger partial charge is 0.382 e. The molecule has 0 aliphatic heterocycles. The maximum absolute atomic E-state index is 6.01. The van der Waals surface area contributed by atoms with Crippen molar-refractivity contribution in [1.29, 1.82) is 0 Å². The molecule has 1 aromatic carbocycles. The second-order valence-corrected chi connectivity index (χ2v) is 4.43. The van der Waals surface area contributed by atoms with Gasteiger partial charge in [-0.2, -0.15) is 0 Å². The molecular formula is C14H20N4. The third-order valence-corrected chi connectivity index (χ3v) is 3.13. The van der Waals surface area contributed by atoms with Crippen LogP contribution in [0.3, 0.4) is 0 Å². The molecule has 4 heteroatoms. The molecule has 18 heavy (non-hydrogen) atoms. The summed E-state index contributed by atoms with van der Waals surface area (Å²) in [6.45, 7) is 4.23. The molecule has 0 spiro atoms. The van der Waals surface area contributed by atoms with E-state index >= 15 is 0 Å². The monoisotopic (exact) mass is 244 g/mol. The van der Waals surface area contributed by atoms with Gasteiger partial charge in [-0.3, -0.25) is 0 Å². The van der Waals surface area contributed by atoms with Gasteiger partial charge in [0.1, 0.15) is 11.5 Å². The van der Waals surface area contributed by atoms with Gasteiger partial charge in [0, 0.05) is 12.0 Å². The molecule has 0 atom stereocenters. The topological polar surface area (TPSA) is 69.9 Å². The summed E-state index contributed by atoms with van der Waals surface area (Å²) in [7, 11) is 0. The van der Waals surface area contributed by atoms with Gasteiger partial charge >= 0.3 is 0 Å². The highest BCUT2D eigenvalue weighted by atomic mass is 15.4. The molecule has 1 heterocycles. The van der Waals surface area contributed by atoms with Crippen LogP contribution in [0, 0.1) is 0 Å². The van der Waals surface area contributed by atoms with Crippen molar-refractivity contribution >= 4 is 5.82 Å². The third-order valence-electron chi connectivity index (χ3n) is 3.13. The van der Waals surface area contributed by atoms with Crippen LogP contribution in [-0.2, 0) is 12.8 Å². The van der Waals surface area contributed by atoms with Gasteiger partial charge in [0.25, 0.3) is 0 Å². The van der Waals surface area contributed by atoms with Gasteiger partial charge < -0.3 is 11.6 Å². The summed E-state index contributed by atoms with van der Waals surface area (Å²) in [4.78, 5) is 4.54. The second kappa shape index (κ2) is 5.12. The van der Waals surface area contributed by atoms with Crippen molar-refractivity contribution in [2.45, 2.75) is 33.1 Å². The van der Waals surface area contributed by atoms with Crippen LogP contribution in [0.25, 0.3) is 11.3 Å². The van der Waals surface area contributed by atoms with Crippen molar-refractivity contribution in [3.8, 4) is 11.3 Å². The van der Waals surface area contributed by atoms with E-state index in [2.05, 4.69) is 31.0 Å². The van der Waals surface area contributed by atoms with Gasteiger partial charge in [0.05, 0.1) is 0 Å². The molecule has 0 unspecified atom stereocenters. The number of anilines is 1. The highest BCUT2D eigenvalue weighted by Gasteiger charge is 2.13. The van der Waals surface area contributed by atoms with E-state index in [-0.39, 0.29) is 0 Å². The van der Waals surface area contributed by atoms with Crippen molar-refractivity contribution in [2.75, 3.05) is 11.6 Å². The van der Waals surface area contributed by atoms with Gasteiger partial charge in [-0.05, 0) is 18.4 Å². The fraction of sp³-hybridized carbons (Fsp3) is 0.357. The average molecular weight is 244 g/mol. The predicted octanol–water partition coefficient (Wildman–Crippen LogP) is 2.36. The highest BCUT2D eigenvalue weighted by molar-refractivity contribution is 5.71. The van der Waals surface area contributed by atoms with Crippen LogP contribution in [0.1, 0.15) is 31.7 Å². The fourth-order valence-electron chi connectivity index (χ4n) is 2.00. The van der Waals surface area contributed by atoms with Gasteiger partial charge in [-0.1, -0.05) is 38.1 Å². The van der Waals surface area contributed by atoms with E-state index in [1.54, 1.807) is 0 Å². The summed E-state index contributed by atoms with van der Waals surface area (Å²) >= 11 is 0. The summed E-state index contributed by atoms with van der Waals surface area (Å²) in [5.41, 5.74) is 9.12. The number of nitrogens with zero attached hydrogens (tertiary/aromatic N) is 2. The van der Waals surface area contributed by atoms with E-state index < -0.39 is 0 Å². The average Bonchev–Trinajstić information content (AvgIpc) is 2.68. The molecule has 2 aromatic rings. The number of aromatic nitrogens is 2. The Labute approximate surface area is 108 Å². The molecule has 0 aliphatic rings. The molecule has 2 rings (SSSR count). The Hall–Kier alpha value is -1.97. The smallest absolute Gasteiger partial charge is 0.150 e. The standard InChI is InChI=1S/C14H20N4/c1-3-5-12-17-13(14(15)18(12)16)11-8-6-10(4-2)7-9-11/h6-9H,3-5,15-16H2,1-2H3. The van der Waals surface area contributed by atoms with Gasteiger partial charge in [-0.25, -0.2) is 9.66 Å². The van der Waals surface area contributed by atoms with Gasteiger partial charge in [0.15, 0.2) is 5.82 Å². The normalized spacial score (nSPS) is 10.8. The lowest BCUT2D eigenvalue weighted by molar-refractivity contribution is 0.794.